The van der Waals surface area contributed by atoms with Crippen LogP contribution < -0.4 is 10.6 Å². The minimum atomic E-state index is 0.583. The Balaban J connectivity index is 1.18. The SMILES string of the molecule is C1=c2oc3ccc4c5ccccc5n(-c5ccccc5)c4c3c2=C(c2nc(-c3ccc(-c4ccccc4)cc3)nc(-n3c4ccccc4c4ccccc43)n2)CC1. The first-order chi connectivity index (χ1) is 28.3. The molecule has 1 aliphatic carbocycles. The van der Waals surface area contributed by atoms with E-state index in [0.29, 0.717) is 17.6 Å². The first-order valence-corrected chi connectivity index (χ1v) is 19.4. The Morgan fingerprint density at radius 2 is 1.02 bits per heavy atom. The lowest BCUT2D eigenvalue weighted by Gasteiger charge is -2.14. The third kappa shape index (κ3) is 4.87. The van der Waals surface area contributed by atoms with Crippen molar-refractivity contribution in [3.63, 3.8) is 0 Å². The van der Waals surface area contributed by atoms with Crippen molar-refractivity contribution >= 4 is 66.2 Å². The van der Waals surface area contributed by atoms with Gasteiger partial charge in [0.2, 0.25) is 5.95 Å². The van der Waals surface area contributed by atoms with Gasteiger partial charge in [-0.05, 0) is 72.5 Å². The highest BCUT2D eigenvalue weighted by Crippen LogP contribution is 2.37. The second-order valence-electron chi connectivity index (χ2n) is 14.7. The molecular formula is C51H33N5O. The maximum absolute atomic E-state index is 6.76. The molecule has 0 amide bonds. The zero-order chi connectivity index (χ0) is 37.5. The summed E-state index contributed by atoms with van der Waals surface area (Å²) in [6.45, 7) is 0. The Morgan fingerprint density at radius 1 is 0.456 bits per heavy atom. The van der Waals surface area contributed by atoms with Crippen LogP contribution in [0.1, 0.15) is 18.7 Å². The van der Waals surface area contributed by atoms with Crippen molar-refractivity contribution in [1.29, 1.82) is 0 Å². The summed E-state index contributed by atoms with van der Waals surface area (Å²) in [6, 6.07) is 59.6. The van der Waals surface area contributed by atoms with Crippen LogP contribution >= 0.6 is 0 Å². The molecule has 0 aliphatic heterocycles. The second kappa shape index (κ2) is 12.5. The minimum absolute atomic E-state index is 0.583. The second-order valence-corrected chi connectivity index (χ2v) is 14.7. The Hall–Kier alpha value is -7.57. The van der Waals surface area contributed by atoms with E-state index in [4.69, 9.17) is 19.4 Å². The number of para-hydroxylation sites is 4. The summed E-state index contributed by atoms with van der Waals surface area (Å²) in [5.74, 6) is 1.86. The quantitative estimate of drug-likeness (QED) is 0.177. The highest BCUT2D eigenvalue weighted by molar-refractivity contribution is 6.18. The number of furan rings is 1. The van der Waals surface area contributed by atoms with Crippen LogP contribution in [0.15, 0.2) is 174 Å². The van der Waals surface area contributed by atoms with Gasteiger partial charge < -0.3 is 8.98 Å². The van der Waals surface area contributed by atoms with Gasteiger partial charge in [0, 0.05) is 43.6 Å². The van der Waals surface area contributed by atoms with Crippen molar-refractivity contribution in [3.05, 3.63) is 186 Å². The molecule has 12 rings (SSSR count). The minimum Gasteiger partial charge on any atom is -0.456 e. The maximum atomic E-state index is 6.76. The van der Waals surface area contributed by atoms with Crippen LogP contribution in [0, 0.1) is 0 Å². The van der Waals surface area contributed by atoms with Gasteiger partial charge in [-0.25, -0.2) is 4.98 Å². The summed E-state index contributed by atoms with van der Waals surface area (Å²) < 4.78 is 11.3. The van der Waals surface area contributed by atoms with Crippen molar-refractivity contribution in [2.75, 3.05) is 0 Å². The van der Waals surface area contributed by atoms with Gasteiger partial charge in [-0.2, -0.15) is 9.97 Å². The van der Waals surface area contributed by atoms with Gasteiger partial charge in [-0.15, -0.1) is 0 Å². The normalized spacial score (nSPS) is 12.9. The molecule has 6 heteroatoms. The lowest BCUT2D eigenvalue weighted by atomic mass is 9.99. The summed E-state index contributed by atoms with van der Waals surface area (Å²) >= 11 is 0. The first-order valence-electron chi connectivity index (χ1n) is 19.4. The standard InChI is InChI=1S/C51H33N5O/c1-3-14-32(15-4-1)33-26-28-34(29-27-33)49-52-50(54-51(53-49)56-42-23-11-7-18-36(42)37-19-8-12-24-43(37)56)40-21-13-25-44-46(40)47-45(57-44)31-30-39-38-20-9-10-22-41(38)55(48(39)47)35-16-5-2-6-17-35/h1-12,14-20,22-31H,13,21H2. The van der Waals surface area contributed by atoms with E-state index in [1.807, 2.05) is 6.07 Å². The van der Waals surface area contributed by atoms with Gasteiger partial charge in [0.05, 0.1) is 27.5 Å². The molecule has 57 heavy (non-hydrogen) atoms. The van der Waals surface area contributed by atoms with Gasteiger partial charge in [-0.1, -0.05) is 127 Å². The predicted octanol–water partition coefficient (Wildman–Crippen LogP) is 10.9. The van der Waals surface area contributed by atoms with E-state index in [1.165, 1.54) is 16.3 Å². The molecule has 4 aromatic heterocycles. The molecule has 0 saturated heterocycles. The molecule has 6 nitrogen and oxygen atoms in total. The molecular weight excluding hydrogens is 699 g/mol. The Labute approximate surface area is 326 Å². The molecule has 11 aromatic rings. The van der Waals surface area contributed by atoms with E-state index < -0.39 is 0 Å². The molecule has 0 unspecified atom stereocenters. The van der Waals surface area contributed by atoms with Gasteiger partial charge >= 0.3 is 0 Å². The lowest BCUT2D eigenvalue weighted by molar-refractivity contribution is 0.571. The van der Waals surface area contributed by atoms with Crippen LogP contribution in [0.5, 0.6) is 0 Å². The molecule has 0 N–H and O–H groups in total. The first kappa shape index (κ1) is 31.7. The molecule has 4 heterocycles. The van der Waals surface area contributed by atoms with Gasteiger partial charge in [0.1, 0.15) is 11.0 Å². The summed E-state index contributed by atoms with van der Waals surface area (Å²) in [4.78, 5) is 16.0. The third-order valence-corrected chi connectivity index (χ3v) is 11.5. The molecule has 0 fully saturated rings. The average Bonchev–Trinajstić information content (AvgIpc) is 3.95. The number of benzene rings is 7. The number of hydrogen-bond acceptors (Lipinski definition) is 4. The molecule has 0 radical (unpaired) electrons. The molecule has 0 saturated carbocycles. The summed E-state index contributed by atoms with van der Waals surface area (Å²) in [5.41, 5.74) is 11.4. The van der Waals surface area contributed by atoms with Crippen molar-refractivity contribution in [2.45, 2.75) is 12.8 Å². The summed E-state index contributed by atoms with van der Waals surface area (Å²) in [6.07, 6.45) is 3.79. The Bertz CT molecular complexity index is 3450. The highest BCUT2D eigenvalue weighted by Gasteiger charge is 2.24. The molecule has 268 valence electrons. The van der Waals surface area contributed by atoms with Crippen LogP contribution in [0.2, 0.25) is 0 Å². The smallest absolute Gasteiger partial charge is 0.238 e. The van der Waals surface area contributed by atoms with Crippen molar-refractivity contribution in [1.82, 2.24) is 24.1 Å². The van der Waals surface area contributed by atoms with Crippen LogP contribution in [0.3, 0.4) is 0 Å². The number of rotatable bonds is 5. The monoisotopic (exact) mass is 731 g/mol. The van der Waals surface area contributed by atoms with E-state index in [1.54, 1.807) is 0 Å². The number of hydrogen-bond donors (Lipinski definition) is 0. The number of nitrogens with zero attached hydrogens (tertiary/aromatic N) is 5. The Kier molecular flexibility index (Phi) is 6.95. The zero-order valence-electron chi connectivity index (χ0n) is 30.8. The average molecular weight is 732 g/mol. The van der Waals surface area contributed by atoms with E-state index in [2.05, 4.69) is 179 Å². The van der Waals surface area contributed by atoms with Gasteiger partial charge in [-0.3, -0.25) is 4.57 Å². The largest absolute Gasteiger partial charge is 0.456 e. The van der Waals surface area contributed by atoms with E-state index in [9.17, 15) is 0 Å². The summed E-state index contributed by atoms with van der Waals surface area (Å²) in [5, 5.41) is 6.81. The third-order valence-electron chi connectivity index (χ3n) is 11.5. The molecule has 1 aliphatic rings. The zero-order valence-corrected chi connectivity index (χ0v) is 30.8. The van der Waals surface area contributed by atoms with Crippen LogP contribution in [0.25, 0.3) is 100 Å². The van der Waals surface area contributed by atoms with E-state index >= 15 is 0 Å². The number of fused-ring (bicyclic) bond motifs is 10. The molecule has 0 atom stereocenters. The fourth-order valence-corrected chi connectivity index (χ4v) is 8.95. The van der Waals surface area contributed by atoms with Crippen molar-refractivity contribution in [2.24, 2.45) is 0 Å². The van der Waals surface area contributed by atoms with Gasteiger partial charge in [0.15, 0.2) is 11.6 Å². The lowest BCUT2D eigenvalue weighted by Crippen LogP contribution is -2.28. The van der Waals surface area contributed by atoms with Crippen LogP contribution in [-0.4, -0.2) is 24.1 Å². The molecule has 7 aromatic carbocycles. The van der Waals surface area contributed by atoms with Crippen molar-refractivity contribution in [3.8, 4) is 34.2 Å². The number of aromatic nitrogens is 5. The van der Waals surface area contributed by atoms with Crippen LogP contribution in [0.4, 0.5) is 0 Å². The summed E-state index contributed by atoms with van der Waals surface area (Å²) in [7, 11) is 0. The molecule has 0 spiro atoms. The maximum Gasteiger partial charge on any atom is 0.238 e. The van der Waals surface area contributed by atoms with E-state index in [-0.39, 0.29) is 0 Å². The fraction of sp³-hybridized carbons (Fsp3) is 0.0392. The fourth-order valence-electron chi connectivity index (χ4n) is 8.95. The highest BCUT2D eigenvalue weighted by atomic mass is 16.3. The Morgan fingerprint density at radius 3 is 1.72 bits per heavy atom. The molecule has 0 bridgehead atoms. The van der Waals surface area contributed by atoms with Crippen LogP contribution in [-0.2, 0) is 0 Å². The topological polar surface area (TPSA) is 61.7 Å². The predicted molar refractivity (Wildman–Crippen MR) is 231 cm³/mol. The van der Waals surface area contributed by atoms with Crippen molar-refractivity contribution < 1.29 is 4.42 Å². The van der Waals surface area contributed by atoms with E-state index in [0.717, 1.165) is 89.7 Å². The van der Waals surface area contributed by atoms with Gasteiger partial charge in [0.25, 0.3) is 0 Å².